The fourth-order valence-electron chi connectivity index (χ4n) is 3.90. The first-order valence-corrected chi connectivity index (χ1v) is 10.3. The molecule has 0 radical (unpaired) electrons. The Morgan fingerprint density at radius 3 is 2.48 bits per heavy atom. The Morgan fingerprint density at radius 1 is 1.19 bits per heavy atom. The van der Waals surface area contributed by atoms with Gasteiger partial charge in [-0.25, -0.2) is 4.79 Å². The summed E-state index contributed by atoms with van der Waals surface area (Å²) in [6, 6.07) is 8.44. The lowest BCUT2D eigenvalue weighted by molar-refractivity contribution is -0.0262. The highest BCUT2D eigenvalue weighted by molar-refractivity contribution is 6.30. The molecule has 2 aliphatic heterocycles. The number of benzene rings is 1. The average molecular weight is 395 g/mol. The number of hydrogen-bond donors (Lipinski definition) is 0. The lowest BCUT2D eigenvalue weighted by Gasteiger charge is -2.44. The maximum atomic E-state index is 12.9. The standard InChI is InChI=1S/C21H31ClN2O3/c1-21(2,3)27-20(25)24-15-19(23-10-12-26-13-11-23)9-8-18(24)14-16-4-6-17(22)7-5-16/h4-7,18-19H,8-15H2,1-3H3/t18-,19-/m1/s1. The van der Waals surface area contributed by atoms with Crippen LogP contribution in [0.4, 0.5) is 4.79 Å². The third kappa shape index (κ3) is 5.84. The van der Waals surface area contributed by atoms with Crippen molar-refractivity contribution in [1.82, 2.24) is 9.80 Å². The number of ether oxygens (including phenoxy) is 2. The van der Waals surface area contributed by atoms with Crippen LogP contribution in [0.25, 0.3) is 0 Å². The average Bonchev–Trinajstić information content (AvgIpc) is 2.63. The molecule has 0 spiro atoms. The second kappa shape index (κ2) is 8.80. The molecule has 2 atom stereocenters. The number of amides is 1. The van der Waals surface area contributed by atoms with Crippen molar-refractivity contribution < 1.29 is 14.3 Å². The molecule has 0 unspecified atom stereocenters. The molecule has 5 nitrogen and oxygen atoms in total. The van der Waals surface area contributed by atoms with Crippen LogP contribution in [-0.4, -0.2) is 66.4 Å². The number of carbonyl (C=O) groups is 1. The third-order valence-corrected chi connectivity index (χ3v) is 5.51. The zero-order chi connectivity index (χ0) is 19.4. The van der Waals surface area contributed by atoms with Crippen molar-refractivity contribution in [3.8, 4) is 0 Å². The van der Waals surface area contributed by atoms with Crippen LogP contribution < -0.4 is 0 Å². The second-order valence-electron chi connectivity index (χ2n) is 8.50. The first-order chi connectivity index (χ1) is 12.8. The van der Waals surface area contributed by atoms with Gasteiger partial charge in [0.1, 0.15) is 5.60 Å². The van der Waals surface area contributed by atoms with Crippen molar-refractivity contribution in [3.05, 3.63) is 34.9 Å². The molecular formula is C21H31ClN2O3. The Bertz CT molecular complexity index is 623. The van der Waals surface area contributed by atoms with E-state index in [0.717, 1.165) is 50.6 Å². The molecule has 0 aliphatic carbocycles. The van der Waals surface area contributed by atoms with E-state index in [-0.39, 0.29) is 12.1 Å². The minimum Gasteiger partial charge on any atom is -0.444 e. The lowest BCUT2D eigenvalue weighted by atomic mass is 9.92. The molecule has 0 bridgehead atoms. The van der Waals surface area contributed by atoms with Gasteiger partial charge in [-0.1, -0.05) is 23.7 Å². The highest BCUT2D eigenvalue weighted by Crippen LogP contribution is 2.27. The number of rotatable bonds is 3. The molecule has 2 fully saturated rings. The molecule has 3 rings (SSSR count). The summed E-state index contributed by atoms with van der Waals surface area (Å²) in [4.78, 5) is 17.3. The first-order valence-electron chi connectivity index (χ1n) is 9.88. The normalized spacial score (nSPS) is 24.7. The summed E-state index contributed by atoms with van der Waals surface area (Å²) in [6.45, 7) is 9.90. The predicted octanol–water partition coefficient (Wildman–Crippen LogP) is 3.98. The molecule has 1 amide bonds. The Balaban J connectivity index is 1.72. The molecule has 2 aliphatic rings. The molecule has 2 heterocycles. The molecule has 150 valence electrons. The quantitative estimate of drug-likeness (QED) is 0.777. The number of nitrogens with zero attached hydrogens (tertiary/aromatic N) is 2. The number of halogens is 1. The molecule has 6 heteroatoms. The maximum absolute atomic E-state index is 12.9. The molecule has 2 saturated heterocycles. The summed E-state index contributed by atoms with van der Waals surface area (Å²) >= 11 is 6.01. The van der Waals surface area contributed by atoms with Gasteiger partial charge in [-0.15, -0.1) is 0 Å². The minimum absolute atomic E-state index is 0.151. The zero-order valence-electron chi connectivity index (χ0n) is 16.6. The molecule has 27 heavy (non-hydrogen) atoms. The zero-order valence-corrected chi connectivity index (χ0v) is 17.4. The Morgan fingerprint density at radius 2 is 1.85 bits per heavy atom. The SMILES string of the molecule is CC(C)(C)OC(=O)N1C[C@H](N2CCOCC2)CC[C@@H]1Cc1ccc(Cl)cc1. The van der Waals surface area contributed by atoms with Crippen LogP contribution in [0.15, 0.2) is 24.3 Å². The lowest BCUT2D eigenvalue weighted by Crippen LogP contribution is -2.57. The van der Waals surface area contributed by atoms with Crippen LogP contribution in [-0.2, 0) is 15.9 Å². The predicted molar refractivity (Wildman–Crippen MR) is 107 cm³/mol. The van der Waals surface area contributed by atoms with E-state index in [2.05, 4.69) is 4.90 Å². The van der Waals surface area contributed by atoms with Crippen molar-refractivity contribution >= 4 is 17.7 Å². The third-order valence-electron chi connectivity index (χ3n) is 5.26. The maximum Gasteiger partial charge on any atom is 0.410 e. The van der Waals surface area contributed by atoms with E-state index in [9.17, 15) is 4.79 Å². The number of piperidine rings is 1. The van der Waals surface area contributed by atoms with E-state index >= 15 is 0 Å². The highest BCUT2D eigenvalue weighted by atomic mass is 35.5. The van der Waals surface area contributed by atoms with Crippen molar-refractivity contribution in [2.45, 2.75) is 57.7 Å². The van der Waals surface area contributed by atoms with E-state index in [0.29, 0.717) is 12.6 Å². The number of hydrogen-bond acceptors (Lipinski definition) is 4. The van der Waals surface area contributed by atoms with E-state index in [4.69, 9.17) is 21.1 Å². The molecule has 0 N–H and O–H groups in total. The summed E-state index contributed by atoms with van der Waals surface area (Å²) in [7, 11) is 0. The monoisotopic (exact) mass is 394 g/mol. The summed E-state index contributed by atoms with van der Waals surface area (Å²) in [5.74, 6) is 0. The largest absolute Gasteiger partial charge is 0.444 e. The Kier molecular flexibility index (Phi) is 6.66. The van der Waals surface area contributed by atoms with Gasteiger partial charge in [-0.3, -0.25) is 4.90 Å². The smallest absolute Gasteiger partial charge is 0.410 e. The van der Waals surface area contributed by atoms with E-state index in [1.807, 2.05) is 49.9 Å². The van der Waals surface area contributed by atoms with Crippen molar-refractivity contribution in [1.29, 1.82) is 0 Å². The van der Waals surface area contributed by atoms with Gasteiger partial charge in [0.15, 0.2) is 0 Å². The van der Waals surface area contributed by atoms with Gasteiger partial charge in [0.05, 0.1) is 13.2 Å². The molecule has 0 aromatic heterocycles. The molecule has 0 saturated carbocycles. The van der Waals surface area contributed by atoms with E-state index < -0.39 is 5.60 Å². The van der Waals surface area contributed by atoms with Gasteiger partial charge in [-0.05, 0) is 57.7 Å². The Labute approximate surface area is 167 Å². The number of likely N-dealkylation sites (tertiary alicyclic amines) is 1. The Hall–Kier alpha value is -1.30. The van der Waals surface area contributed by atoms with Crippen LogP contribution in [0.2, 0.25) is 5.02 Å². The van der Waals surface area contributed by atoms with Crippen molar-refractivity contribution in [2.24, 2.45) is 0 Å². The first kappa shape index (κ1) is 20.4. The van der Waals surface area contributed by atoms with Gasteiger partial charge in [-0.2, -0.15) is 0 Å². The topological polar surface area (TPSA) is 42.0 Å². The van der Waals surface area contributed by atoms with Gasteiger partial charge < -0.3 is 14.4 Å². The van der Waals surface area contributed by atoms with E-state index in [1.165, 1.54) is 5.56 Å². The molecular weight excluding hydrogens is 364 g/mol. The van der Waals surface area contributed by atoms with Crippen LogP contribution in [0.1, 0.15) is 39.2 Å². The van der Waals surface area contributed by atoms with Crippen molar-refractivity contribution in [3.63, 3.8) is 0 Å². The summed E-state index contributed by atoms with van der Waals surface area (Å²) < 4.78 is 11.2. The van der Waals surface area contributed by atoms with E-state index in [1.54, 1.807) is 0 Å². The number of carbonyl (C=O) groups excluding carboxylic acids is 1. The van der Waals surface area contributed by atoms with Gasteiger partial charge in [0, 0.05) is 36.7 Å². The van der Waals surface area contributed by atoms with Crippen LogP contribution in [0.3, 0.4) is 0 Å². The van der Waals surface area contributed by atoms with Gasteiger partial charge >= 0.3 is 6.09 Å². The summed E-state index contributed by atoms with van der Waals surface area (Å²) in [5, 5.41) is 0.735. The van der Waals surface area contributed by atoms with Crippen LogP contribution >= 0.6 is 11.6 Å². The van der Waals surface area contributed by atoms with Gasteiger partial charge in [0.25, 0.3) is 0 Å². The van der Waals surface area contributed by atoms with Gasteiger partial charge in [0.2, 0.25) is 0 Å². The summed E-state index contributed by atoms with van der Waals surface area (Å²) in [5.41, 5.74) is 0.705. The second-order valence-corrected chi connectivity index (χ2v) is 8.93. The minimum atomic E-state index is -0.492. The highest BCUT2D eigenvalue weighted by Gasteiger charge is 2.36. The fraction of sp³-hybridized carbons (Fsp3) is 0.667. The fourth-order valence-corrected chi connectivity index (χ4v) is 4.02. The van der Waals surface area contributed by atoms with Crippen molar-refractivity contribution in [2.75, 3.05) is 32.8 Å². The molecule has 1 aromatic rings. The summed E-state index contributed by atoms with van der Waals surface area (Å²) in [6.07, 6.45) is 2.69. The van der Waals surface area contributed by atoms with Crippen LogP contribution in [0.5, 0.6) is 0 Å². The van der Waals surface area contributed by atoms with Crippen LogP contribution in [0, 0.1) is 0 Å². The number of morpholine rings is 1. The molecule has 1 aromatic carbocycles.